The Morgan fingerprint density at radius 1 is 1.33 bits per heavy atom. The molecule has 96 valence electrons. The molecule has 0 saturated carbocycles. The van der Waals surface area contributed by atoms with Crippen LogP contribution >= 0.6 is 22.9 Å². The van der Waals surface area contributed by atoms with Gasteiger partial charge in [-0.3, -0.25) is 0 Å². The van der Waals surface area contributed by atoms with Crippen LogP contribution in [0.1, 0.15) is 16.8 Å². The number of hydrogen-bond acceptors (Lipinski definition) is 3. The number of nitrogen functional groups attached to an aromatic ring is 1. The first-order valence-corrected chi connectivity index (χ1v) is 6.17. The summed E-state index contributed by atoms with van der Waals surface area (Å²) < 4.78 is 38.4. The summed E-state index contributed by atoms with van der Waals surface area (Å²) in [5, 5.41) is 2.23. The predicted octanol–water partition coefficient (Wildman–Crippen LogP) is 3.99. The lowest BCUT2D eigenvalue weighted by Crippen LogP contribution is -2.09. The summed E-state index contributed by atoms with van der Waals surface area (Å²) in [6.07, 6.45) is -4.34. The van der Waals surface area contributed by atoms with E-state index in [0.29, 0.717) is 10.8 Å². The predicted molar refractivity (Wildman–Crippen MR) is 65.8 cm³/mol. The topological polar surface area (TPSA) is 38.9 Å². The van der Waals surface area contributed by atoms with Crippen LogP contribution in [0.15, 0.2) is 23.6 Å². The number of thiazole rings is 1. The van der Waals surface area contributed by atoms with Crippen molar-refractivity contribution in [2.45, 2.75) is 12.6 Å². The van der Waals surface area contributed by atoms with Gasteiger partial charge < -0.3 is 5.73 Å². The maximum absolute atomic E-state index is 12.8. The molecule has 0 spiro atoms. The standard InChI is InChI=1S/C11H8ClF3N2S/c12-7-1-2-9(11(13,14)15)6(3-7)4-8-5-18-10(16)17-8/h1-3,5H,4H2,(H2,16,17). The average Bonchev–Trinajstić information content (AvgIpc) is 2.62. The van der Waals surface area contributed by atoms with E-state index in [4.69, 9.17) is 17.3 Å². The molecule has 0 bridgehead atoms. The molecule has 0 aliphatic heterocycles. The van der Waals surface area contributed by atoms with Gasteiger partial charge in [-0.05, 0) is 23.8 Å². The molecule has 2 rings (SSSR count). The number of halogens is 4. The highest BCUT2D eigenvalue weighted by atomic mass is 35.5. The fraction of sp³-hybridized carbons (Fsp3) is 0.182. The summed E-state index contributed by atoms with van der Waals surface area (Å²) >= 11 is 6.92. The molecule has 2 nitrogen and oxygen atoms in total. The summed E-state index contributed by atoms with van der Waals surface area (Å²) in [5.41, 5.74) is 5.35. The van der Waals surface area contributed by atoms with Crippen molar-refractivity contribution in [2.75, 3.05) is 5.73 Å². The van der Waals surface area contributed by atoms with Crippen molar-refractivity contribution in [1.82, 2.24) is 4.98 Å². The van der Waals surface area contributed by atoms with E-state index in [1.807, 2.05) is 0 Å². The van der Waals surface area contributed by atoms with Crippen molar-refractivity contribution >= 4 is 28.1 Å². The molecule has 0 unspecified atom stereocenters. The van der Waals surface area contributed by atoms with Gasteiger partial charge in [0.05, 0.1) is 11.3 Å². The Hall–Kier alpha value is -1.27. The Kier molecular flexibility index (Phi) is 3.49. The van der Waals surface area contributed by atoms with Crippen LogP contribution in [0.5, 0.6) is 0 Å². The van der Waals surface area contributed by atoms with Crippen LogP contribution in [-0.2, 0) is 12.6 Å². The Morgan fingerprint density at radius 2 is 2.06 bits per heavy atom. The molecule has 2 aromatic rings. The third kappa shape index (κ3) is 2.94. The first kappa shape index (κ1) is 13.2. The molecule has 1 aromatic carbocycles. The third-order valence-electron chi connectivity index (χ3n) is 2.31. The number of benzene rings is 1. The second-order valence-electron chi connectivity index (χ2n) is 3.65. The van der Waals surface area contributed by atoms with Crippen molar-refractivity contribution in [1.29, 1.82) is 0 Å². The molecule has 1 aromatic heterocycles. The molecule has 0 aliphatic rings. The van der Waals surface area contributed by atoms with Crippen LogP contribution in [0.4, 0.5) is 18.3 Å². The van der Waals surface area contributed by atoms with Gasteiger partial charge in [0.2, 0.25) is 0 Å². The highest BCUT2D eigenvalue weighted by Crippen LogP contribution is 2.34. The van der Waals surface area contributed by atoms with E-state index in [9.17, 15) is 13.2 Å². The minimum absolute atomic E-state index is 0.0586. The van der Waals surface area contributed by atoms with Gasteiger partial charge in [0, 0.05) is 16.8 Å². The van der Waals surface area contributed by atoms with Crippen LogP contribution in [0.25, 0.3) is 0 Å². The van der Waals surface area contributed by atoms with E-state index in [2.05, 4.69) is 4.98 Å². The van der Waals surface area contributed by atoms with Crippen molar-refractivity contribution in [3.63, 3.8) is 0 Å². The van der Waals surface area contributed by atoms with Crippen molar-refractivity contribution in [3.05, 3.63) is 45.4 Å². The van der Waals surface area contributed by atoms with E-state index < -0.39 is 11.7 Å². The largest absolute Gasteiger partial charge is 0.416 e. The summed E-state index contributed by atoms with van der Waals surface area (Å²) in [6, 6.07) is 3.51. The van der Waals surface area contributed by atoms with Gasteiger partial charge in [0.15, 0.2) is 5.13 Å². The van der Waals surface area contributed by atoms with Gasteiger partial charge in [-0.15, -0.1) is 11.3 Å². The molecular formula is C11H8ClF3N2S. The molecular weight excluding hydrogens is 285 g/mol. The smallest absolute Gasteiger partial charge is 0.375 e. The lowest BCUT2D eigenvalue weighted by Gasteiger charge is -2.12. The highest BCUT2D eigenvalue weighted by Gasteiger charge is 2.33. The highest BCUT2D eigenvalue weighted by molar-refractivity contribution is 7.13. The zero-order valence-corrected chi connectivity index (χ0v) is 10.5. The second-order valence-corrected chi connectivity index (χ2v) is 4.98. The quantitative estimate of drug-likeness (QED) is 0.909. The number of aromatic nitrogens is 1. The number of hydrogen-bond donors (Lipinski definition) is 1. The molecule has 0 aliphatic carbocycles. The van der Waals surface area contributed by atoms with Crippen LogP contribution in [0.3, 0.4) is 0 Å². The van der Waals surface area contributed by atoms with Gasteiger partial charge in [-0.2, -0.15) is 13.2 Å². The van der Waals surface area contributed by atoms with Gasteiger partial charge in [-0.25, -0.2) is 4.98 Å². The maximum atomic E-state index is 12.8. The van der Waals surface area contributed by atoms with E-state index in [1.54, 1.807) is 5.38 Å². The zero-order chi connectivity index (χ0) is 13.3. The van der Waals surface area contributed by atoms with Gasteiger partial charge in [0.1, 0.15) is 0 Å². The van der Waals surface area contributed by atoms with Crippen LogP contribution in [-0.4, -0.2) is 4.98 Å². The van der Waals surface area contributed by atoms with Crippen LogP contribution in [0.2, 0.25) is 5.02 Å². The van der Waals surface area contributed by atoms with Crippen molar-refractivity contribution < 1.29 is 13.2 Å². The Bertz CT molecular complexity index is 566. The first-order valence-electron chi connectivity index (χ1n) is 4.92. The van der Waals surface area contributed by atoms with Gasteiger partial charge >= 0.3 is 6.18 Å². The molecule has 1 heterocycles. The first-order chi connectivity index (χ1) is 8.36. The van der Waals surface area contributed by atoms with E-state index in [0.717, 1.165) is 6.07 Å². The minimum Gasteiger partial charge on any atom is -0.375 e. The summed E-state index contributed by atoms with van der Waals surface area (Å²) in [7, 11) is 0. The van der Waals surface area contributed by atoms with Crippen molar-refractivity contribution in [2.24, 2.45) is 0 Å². The summed E-state index contributed by atoms with van der Waals surface area (Å²) in [6.45, 7) is 0. The lowest BCUT2D eigenvalue weighted by molar-refractivity contribution is -0.138. The molecule has 0 radical (unpaired) electrons. The Balaban J connectivity index is 2.39. The van der Waals surface area contributed by atoms with E-state index >= 15 is 0 Å². The normalized spacial score (nSPS) is 11.8. The van der Waals surface area contributed by atoms with E-state index in [-0.39, 0.29) is 17.0 Å². The Morgan fingerprint density at radius 3 is 2.61 bits per heavy atom. The zero-order valence-electron chi connectivity index (χ0n) is 8.96. The molecule has 18 heavy (non-hydrogen) atoms. The van der Waals surface area contributed by atoms with Crippen molar-refractivity contribution in [3.8, 4) is 0 Å². The lowest BCUT2D eigenvalue weighted by atomic mass is 10.0. The Labute approximate surface area is 110 Å². The number of nitrogens with zero attached hydrogens (tertiary/aromatic N) is 1. The number of nitrogens with two attached hydrogens (primary N) is 1. The number of anilines is 1. The third-order valence-corrected chi connectivity index (χ3v) is 3.27. The summed E-state index contributed by atoms with van der Waals surface area (Å²) in [5.74, 6) is 0. The molecule has 7 heteroatoms. The molecule has 0 amide bonds. The molecule has 2 N–H and O–H groups in total. The van der Waals surface area contributed by atoms with Crippen LogP contribution < -0.4 is 5.73 Å². The fourth-order valence-corrected chi connectivity index (χ4v) is 2.34. The van der Waals surface area contributed by atoms with Gasteiger partial charge in [0.25, 0.3) is 0 Å². The summed E-state index contributed by atoms with van der Waals surface area (Å²) in [4.78, 5) is 3.94. The minimum atomic E-state index is -4.40. The number of rotatable bonds is 2. The average molecular weight is 293 g/mol. The van der Waals surface area contributed by atoms with Gasteiger partial charge in [-0.1, -0.05) is 11.6 Å². The molecule has 0 atom stereocenters. The van der Waals surface area contributed by atoms with Crippen LogP contribution in [0, 0.1) is 0 Å². The SMILES string of the molecule is Nc1nc(Cc2cc(Cl)ccc2C(F)(F)F)cs1. The molecule has 0 saturated heterocycles. The monoisotopic (exact) mass is 292 g/mol. The number of alkyl halides is 3. The maximum Gasteiger partial charge on any atom is 0.416 e. The molecule has 0 fully saturated rings. The second kappa shape index (κ2) is 4.78. The van der Waals surface area contributed by atoms with E-state index in [1.165, 1.54) is 23.5 Å². The fourth-order valence-electron chi connectivity index (χ4n) is 1.58.